The van der Waals surface area contributed by atoms with Crippen LogP contribution in [0.25, 0.3) is 0 Å². The van der Waals surface area contributed by atoms with Crippen LogP contribution in [0.15, 0.2) is 59.7 Å². The molecule has 0 fully saturated rings. The van der Waals surface area contributed by atoms with Gasteiger partial charge in [0, 0.05) is 6.07 Å². The highest BCUT2D eigenvalue weighted by atomic mass is 16.6. The monoisotopic (exact) mass is 325 g/mol. The van der Waals surface area contributed by atoms with Crippen molar-refractivity contribution in [3.8, 4) is 0 Å². The van der Waals surface area contributed by atoms with E-state index in [1.807, 2.05) is 30.3 Å². The number of para-hydroxylation sites is 1. The largest absolute Gasteiger partial charge is 0.282 e. The SMILES string of the molecule is CC(C)C/C(=N\NC(=O)c1ccccc1[N+](=O)[O-])c1ccccc1. The minimum atomic E-state index is -0.598. The summed E-state index contributed by atoms with van der Waals surface area (Å²) in [6, 6.07) is 15.3. The van der Waals surface area contributed by atoms with Crippen molar-refractivity contribution in [1.82, 2.24) is 5.43 Å². The molecule has 2 rings (SSSR count). The van der Waals surface area contributed by atoms with Gasteiger partial charge in [0.1, 0.15) is 5.56 Å². The molecule has 0 unspecified atom stereocenters. The van der Waals surface area contributed by atoms with Crippen LogP contribution in [0.2, 0.25) is 0 Å². The van der Waals surface area contributed by atoms with Crippen molar-refractivity contribution >= 4 is 17.3 Å². The summed E-state index contributed by atoms with van der Waals surface area (Å²) in [5.41, 5.74) is 3.84. The summed E-state index contributed by atoms with van der Waals surface area (Å²) < 4.78 is 0. The maximum absolute atomic E-state index is 12.3. The van der Waals surface area contributed by atoms with Crippen LogP contribution >= 0.6 is 0 Å². The molecule has 0 aliphatic rings. The van der Waals surface area contributed by atoms with E-state index in [1.165, 1.54) is 18.2 Å². The van der Waals surface area contributed by atoms with Crippen LogP contribution in [0.4, 0.5) is 5.69 Å². The summed E-state index contributed by atoms with van der Waals surface area (Å²) in [4.78, 5) is 22.7. The Morgan fingerprint density at radius 1 is 1.12 bits per heavy atom. The average Bonchev–Trinajstić information content (AvgIpc) is 2.58. The van der Waals surface area contributed by atoms with E-state index in [2.05, 4.69) is 24.4 Å². The van der Waals surface area contributed by atoms with Crippen molar-refractivity contribution in [1.29, 1.82) is 0 Å². The number of rotatable bonds is 6. The Balaban J connectivity index is 2.26. The van der Waals surface area contributed by atoms with Gasteiger partial charge in [0.05, 0.1) is 10.6 Å². The topological polar surface area (TPSA) is 84.6 Å². The van der Waals surface area contributed by atoms with Crippen LogP contribution < -0.4 is 5.43 Å². The molecule has 0 radical (unpaired) electrons. The third kappa shape index (κ3) is 4.49. The van der Waals surface area contributed by atoms with Crippen molar-refractivity contribution in [3.63, 3.8) is 0 Å². The Labute approximate surface area is 140 Å². The third-order valence-corrected chi connectivity index (χ3v) is 3.35. The highest BCUT2D eigenvalue weighted by Crippen LogP contribution is 2.17. The molecule has 0 aromatic heterocycles. The molecular formula is C18H19N3O3. The molecule has 124 valence electrons. The highest BCUT2D eigenvalue weighted by Gasteiger charge is 2.19. The number of nitrogens with one attached hydrogen (secondary N) is 1. The molecule has 2 aromatic carbocycles. The standard InChI is InChI=1S/C18H19N3O3/c1-13(2)12-16(14-8-4-3-5-9-14)19-20-18(22)15-10-6-7-11-17(15)21(23)24/h3-11,13H,12H2,1-2H3,(H,20,22)/b19-16+. The van der Waals surface area contributed by atoms with Crippen LogP contribution in [-0.2, 0) is 0 Å². The van der Waals surface area contributed by atoms with Crippen molar-refractivity contribution < 1.29 is 9.72 Å². The van der Waals surface area contributed by atoms with Gasteiger partial charge < -0.3 is 0 Å². The zero-order valence-electron chi connectivity index (χ0n) is 13.6. The zero-order chi connectivity index (χ0) is 17.5. The minimum absolute atomic E-state index is 0.0109. The Morgan fingerprint density at radius 3 is 2.38 bits per heavy atom. The maximum atomic E-state index is 12.3. The van der Waals surface area contributed by atoms with Crippen molar-refractivity contribution in [2.24, 2.45) is 11.0 Å². The first-order valence-corrected chi connectivity index (χ1v) is 7.64. The van der Waals surface area contributed by atoms with Gasteiger partial charge in [-0.25, -0.2) is 5.43 Å². The second-order valence-electron chi connectivity index (χ2n) is 5.74. The first-order chi connectivity index (χ1) is 11.5. The van der Waals surface area contributed by atoms with E-state index < -0.39 is 10.8 Å². The molecule has 6 nitrogen and oxygen atoms in total. The van der Waals surface area contributed by atoms with Crippen LogP contribution in [0.1, 0.15) is 36.2 Å². The van der Waals surface area contributed by atoms with Crippen molar-refractivity contribution in [3.05, 3.63) is 75.8 Å². The summed E-state index contributed by atoms with van der Waals surface area (Å²) in [7, 11) is 0. The molecular weight excluding hydrogens is 306 g/mol. The fraction of sp³-hybridized carbons (Fsp3) is 0.222. The second-order valence-corrected chi connectivity index (χ2v) is 5.74. The summed E-state index contributed by atoms with van der Waals surface area (Å²) in [6.07, 6.45) is 0.682. The van der Waals surface area contributed by atoms with Crippen molar-refractivity contribution in [2.45, 2.75) is 20.3 Å². The van der Waals surface area contributed by atoms with Gasteiger partial charge in [-0.2, -0.15) is 5.10 Å². The van der Waals surface area contributed by atoms with Crippen LogP contribution in [0.3, 0.4) is 0 Å². The number of amides is 1. The van der Waals surface area contributed by atoms with E-state index in [-0.39, 0.29) is 11.3 Å². The van der Waals surface area contributed by atoms with Gasteiger partial charge in [-0.15, -0.1) is 0 Å². The molecule has 0 spiro atoms. The molecule has 0 aliphatic heterocycles. The Morgan fingerprint density at radius 2 is 1.75 bits per heavy atom. The fourth-order valence-electron chi connectivity index (χ4n) is 2.25. The first kappa shape index (κ1) is 17.3. The number of hydrazone groups is 1. The van der Waals surface area contributed by atoms with E-state index in [0.29, 0.717) is 12.3 Å². The van der Waals surface area contributed by atoms with Crippen LogP contribution in [0.5, 0.6) is 0 Å². The maximum Gasteiger partial charge on any atom is 0.282 e. The van der Waals surface area contributed by atoms with Crippen molar-refractivity contribution in [2.75, 3.05) is 0 Å². The molecule has 2 aromatic rings. The highest BCUT2D eigenvalue weighted by molar-refractivity contribution is 6.03. The molecule has 0 saturated heterocycles. The van der Waals surface area contributed by atoms with E-state index in [0.717, 1.165) is 11.3 Å². The van der Waals surface area contributed by atoms with E-state index in [4.69, 9.17) is 0 Å². The lowest BCUT2D eigenvalue weighted by Gasteiger charge is -2.10. The Bertz CT molecular complexity index is 755. The van der Waals surface area contributed by atoms with Crippen LogP contribution in [-0.4, -0.2) is 16.5 Å². The third-order valence-electron chi connectivity index (χ3n) is 3.35. The lowest BCUT2D eigenvalue weighted by molar-refractivity contribution is -0.385. The van der Waals surface area contributed by atoms with Gasteiger partial charge in [0.15, 0.2) is 0 Å². The number of hydrogen-bond donors (Lipinski definition) is 1. The molecule has 24 heavy (non-hydrogen) atoms. The smallest absolute Gasteiger partial charge is 0.267 e. The lowest BCUT2D eigenvalue weighted by Crippen LogP contribution is -2.21. The Kier molecular flexibility index (Phi) is 5.78. The molecule has 0 saturated carbocycles. The molecule has 6 heteroatoms. The number of nitrogens with zero attached hydrogens (tertiary/aromatic N) is 2. The predicted molar refractivity (Wildman–Crippen MR) is 93.0 cm³/mol. The van der Waals surface area contributed by atoms with Gasteiger partial charge in [-0.05, 0) is 24.0 Å². The van der Waals surface area contributed by atoms with Gasteiger partial charge in [-0.1, -0.05) is 56.3 Å². The van der Waals surface area contributed by atoms with Gasteiger partial charge in [-0.3, -0.25) is 14.9 Å². The van der Waals surface area contributed by atoms with Gasteiger partial charge in [0.2, 0.25) is 0 Å². The molecule has 0 heterocycles. The minimum Gasteiger partial charge on any atom is -0.267 e. The Hall–Kier alpha value is -3.02. The molecule has 0 bridgehead atoms. The molecule has 0 aliphatic carbocycles. The van der Waals surface area contributed by atoms with Gasteiger partial charge in [0.25, 0.3) is 11.6 Å². The zero-order valence-corrected chi connectivity index (χ0v) is 13.6. The lowest BCUT2D eigenvalue weighted by atomic mass is 10.0. The van der Waals surface area contributed by atoms with Crippen LogP contribution in [0, 0.1) is 16.0 Å². The normalized spacial score (nSPS) is 11.4. The molecule has 0 atom stereocenters. The first-order valence-electron chi connectivity index (χ1n) is 7.64. The number of nitro benzene ring substituents is 1. The fourth-order valence-corrected chi connectivity index (χ4v) is 2.25. The van der Waals surface area contributed by atoms with E-state index >= 15 is 0 Å². The molecule has 1 amide bonds. The number of benzene rings is 2. The number of carbonyl (C=O) groups is 1. The number of carbonyl (C=O) groups excluding carboxylic acids is 1. The second kappa shape index (κ2) is 8.01. The number of nitro groups is 1. The van der Waals surface area contributed by atoms with Gasteiger partial charge >= 0.3 is 0 Å². The molecule has 1 N–H and O–H groups in total. The van der Waals surface area contributed by atoms with E-state index in [1.54, 1.807) is 6.07 Å². The quantitative estimate of drug-likeness (QED) is 0.498. The van der Waals surface area contributed by atoms with E-state index in [9.17, 15) is 14.9 Å². The summed E-state index contributed by atoms with van der Waals surface area (Å²) in [5, 5.41) is 15.2. The average molecular weight is 325 g/mol. The summed E-state index contributed by atoms with van der Waals surface area (Å²) in [6.45, 7) is 4.12. The summed E-state index contributed by atoms with van der Waals surface area (Å²) >= 11 is 0. The summed E-state index contributed by atoms with van der Waals surface area (Å²) in [5.74, 6) is -0.244. The predicted octanol–water partition coefficient (Wildman–Crippen LogP) is 3.78. The number of hydrogen-bond acceptors (Lipinski definition) is 4.